The molecule has 0 heterocycles. The molecule has 0 aromatic heterocycles. The molecule has 0 spiro atoms. The summed E-state index contributed by atoms with van der Waals surface area (Å²) in [5.74, 6) is -3.49. The van der Waals surface area contributed by atoms with E-state index in [9.17, 15) is 9.59 Å². The van der Waals surface area contributed by atoms with Crippen molar-refractivity contribution < 1.29 is 32.6 Å². The van der Waals surface area contributed by atoms with Crippen LogP contribution >= 0.6 is 0 Å². The Bertz CT molecular complexity index is 2270. The molecular weight excluding hydrogens is 809 g/mol. The molecule has 0 aliphatic rings. The number of carbonyl (C=O) groups is 2. The Morgan fingerprint density at radius 2 is 1.23 bits per heavy atom. The predicted molar refractivity (Wildman–Crippen MR) is 253 cm³/mol. The smallest absolute Gasteiger partial charge is 0.343 e. The number of aryl methyl sites for hydroxylation is 1. The van der Waals surface area contributed by atoms with Crippen LogP contribution in [0.15, 0.2) is 118 Å². The molecule has 5 aromatic rings. The quantitative estimate of drug-likeness (QED) is 0.0181. The lowest BCUT2D eigenvalue weighted by Gasteiger charge is -2.14. The highest BCUT2D eigenvalue weighted by Gasteiger charge is 2.20. The molecule has 0 radical (unpaired) electrons. The van der Waals surface area contributed by atoms with Crippen molar-refractivity contribution in [3.63, 3.8) is 0 Å². The van der Waals surface area contributed by atoms with Crippen molar-refractivity contribution in [2.45, 2.75) is 137 Å². The van der Waals surface area contributed by atoms with Crippen molar-refractivity contribution >= 4 is 35.2 Å². The molecule has 5 aromatic carbocycles. The van der Waals surface area contributed by atoms with Crippen molar-refractivity contribution in [2.24, 2.45) is 15.2 Å². The monoisotopic (exact) mass is 871 g/mol. The fourth-order valence-electron chi connectivity index (χ4n) is 7.23. The molecule has 338 valence electrons. The van der Waals surface area contributed by atoms with E-state index >= 15 is 8.78 Å². The van der Waals surface area contributed by atoms with E-state index < -0.39 is 29.3 Å². The largest absolute Gasteiger partial charge is 0.491 e. The zero-order chi connectivity index (χ0) is 45.5. The fraction of sp³-hybridized carbons (Fsp3) is 0.389. The van der Waals surface area contributed by atoms with Gasteiger partial charge in [-0.15, -0.1) is 5.11 Å². The molecule has 64 heavy (non-hydrogen) atoms. The number of esters is 2. The van der Waals surface area contributed by atoms with Gasteiger partial charge in [0.05, 0.1) is 28.6 Å². The molecule has 0 fully saturated rings. The standard InChI is InChI=1S/C54H63F2N3O5/c1-5-7-9-11-12-13-14-15-16-18-21-41-24-30-44(31-25-41)58-59-49-36-37-50(52(56)51(49)55)64-54(61)47-22-19-23-48(40(47)4)57-38-42-26-32-46(33-27-42)63-53(60)43-28-34-45(35-29-43)62-39(3)20-17-10-8-6-2/h19,22-39H,5-18,20-21H2,1-4H3/t39-/m0/s1. The molecule has 0 unspecified atom stereocenters. The SMILES string of the molecule is CCCCCCCCCCCCc1ccc(N=Nc2ccc(OC(=O)c3cccc(N=Cc4ccc(OC(=O)c5ccc(O[C@@H](C)CCCCCC)cc5)cc4)c3C)c(F)c2F)cc1. The summed E-state index contributed by atoms with van der Waals surface area (Å²) in [5.41, 5.74) is 3.59. The first-order valence-electron chi connectivity index (χ1n) is 23.1. The molecule has 0 N–H and O–H groups in total. The molecule has 10 heteroatoms. The summed E-state index contributed by atoms with van der Waals surface area (Å²) in [6.07, 6.45) is 21.3. The lowest BCUT2D eigenvalue weighted by atomic mass is 10.0. The van der Waals surface area contributed by atoms with Gasteiger partial charge in [-0.1, -0.05) is 109 Å². The van der Waals surface area contributed by atoms with E-state index in [1.54, 1.807) is 73.8 Å². The van der Waals surface area contributed by atoms with Crippen LogP contribution in [-0.2, 0) is 6.42 Å². The fourth-order valence-corrected chi connectivity index (χ4v) is 7.23. The van der Waals surface area contributed by atoms with E-state index in [-0.39, 0.29) is 17.4 Å². The lowest BCUT2D eigenvalue weighted by molar-refractivity contribution is 0.0720. The van der Waals surface area contributed by atoms with Crippen LogP contribution in [0.2, 0.25) is 0 Å². The Balaban J connectivity index is 1.08. The van der Waals surface area contributed by atoms with Crippen molar-refractivity contribution in [1.29, 1.82) is 0 Å². The Labute approximate surface area is 378 Å². The van der Waals surface area contributed by atoms with Crippen LogP contribution in [-0.4, -0.2) is 24.3 Å². The number of hydrogen-bond acceptors (Lipinski definition) is 8. The molecule has 0 amide bonds. The van der Waals surface area contributed by atoms with E-state index in [2.05, 4.69) is 36.0 Å². The third-order valence-corrected chi connectivity index (χ3v) is 11.1. The van der Waals surface area contributed by atoms with Crippen LogP contribution in [0.3, 0.4) is 0 Å². The number of hydrogen-bond donors (Lipinski definition) is 0. The third kappa shape index (κ3) is 16.0. The second-order valence-corrected chi connectivity index (χ2v) is 16.4. The van der Waals surface area contributed by atoms with Gasteiger partial charge in [0.15, 0.2) is 11.6 Å². The number of carbonyl (C=O) groups excluding carboxylic acids is 2. The summed E-state index contributed by atoms with van der Waals surface area (Å²) in [7, 11) is 0. The van der Waals surface area contributed by atoms with E-state index in [4.69, 9.17) is 14.2 Å². The van der Waals surface area contributed by atoms with E-state index in [1.165, 1.54) is 94.7 Å². The van der Waals surface area contributed by atoms with Gasteiger partial charge in [-0.05, 0) is 141 Å². The summed E-state index contributed by atoms with van der Waals surface area (Å²) in [5, 5.41) is 8.01. The average Bonchev–Trinajstić information content (AvgIpc) is 3.30. The number of halogens is 2. The molecule has 1 atom stereocenters. The second kappa shape index (κ2) is 26.6. The molecule has 0 saturated heterocycles. The van der Waals surface area contributed by atoms with Gasteiger partial charge < -0.3 is 14.2 Å². The summed E-state index contributed by atoms with van der Waals surface area (Å²) in [6, 6.07) is 28.6. The highest BCUT2D eigenvalue weighted by Crippen LogP contribution is 2.31. The predicted octanol–water partition coefficient (Wildman–Crippen LogP) is 16.1. The van der Waals surface area contributed by atoms with Gasteiger partial charge in [-0.3, -0.25) is 4.99 Å². The molecule has 8 nitrogen and oxygen atoms in total. The number of benzene rings is 5. The highest BCUT2D eigenvalue weighted by molar-refractivity contribution is 5.95. The highest BCUT2D eigenvalue weighted by atomic mass is 19.2. The summed E-state index contributed by atoms with van der Waals surface area (Å²) in [6.45, 7) is 8.18. The topological polar surface area (TPSA) is 98.9 Å². The first-order chi connectivity index (χ1) is 31.1. The number of nitrogens with zero attached hydrogens (tertiary/aromatic N) is 3. The van der Waals surface area contributed by atoms with Gasteiger partial charge in [-0.2, -0.15) is 9.50 Å². The van der Waals surface area contributed by atoms with Gasteiger partial charge in [0.25, 0.3) is 0 Å². The number of rotatable bonds is 26. The normalized spacial score (nSPS) is 11.9. The minimum absolute atomic E-state index is 0.0941. The van der Waals surface area contributed by atoms with Gasteiger partial charge in [0.1, 0.15) is 17.2 Å². The van der Waals surface area contributed by atoms with Crippen LogP contribution in [0.25, 0.3) is 0 Å². The van der Waals surface area contributed by atoms with Crippen LogP contribution in [0.4, 0.5) is 25.8 Å². The first kappa shape index (κ1) is 49.0. The Morgan fingerprint density at radius 1 is 0.609 bits per heavy atom. The second-order valence-electron chi connectivity index (χ2n) is 16.4. The van der Waals surface area contributed by atoms with Crippen LogP contribution in [0, 0.1) is 18.6 Å². The van der Waals surface area contributed by atoms with Gasteiger partial charge in [-0.25, -0.2) is 14.0 Å². The zero-order valence-corrected chi connectivity index (χ0v) is 37.9. The van der Waals surface area contributed by atoms with Crippen molar-refractivity contribution in [1.82, 2.24) is 0 Å². The minimum Gasteiger partial charge on any atom is -0.491 e. The molecule has 0 saturated carbocycles. The zero-order valence-electron chi connectivity index (χ0n) is 37.9. The van der Waals surface area contributed by atoms with Crippen molar-refractivity contribution in [2.75, 3.05) is 0 Å². The maximum Gasteiger partial charge on any atom is 0.343 e. The Kier molecular flexibility index (Phi) is 20.3. The Hall–Kier alpha value is -6.03. The molecule has 0 aliphatic heterocycles. The van der Waals surface area contributed by atoms with E-state index in [1.807, 2.05) is 24.3 Å². The van der Waals surface area contributed by atoms with Gasteiger partial charge in [0.2, 0.25) is 5.82 Å². The number of unbranched alkanes of at least 4 members (excludes halogenated alkanes) is 12. The molecular formula is C54H63F2N3O5. The van der Waals surface area contributed by atoms with Crippen molar-refractivity contribution in [3.05, 3.63) is 143 Å². The van der Waals surface area contributed by atoms with Crippen LogP contribution < -0.4 is 14.2 Å². The average molecular weight is 872 g/mol. The van der Waals surface area contributed by atoms with E-state index in [0.29, 0.717) is 39.6 Å². The number of aliphatic imine (C=N–C) groups is 1. The van der Waals surface area contributed by atoms with Crippen molar-refractivity contribution in [3.8, 4) is 17.2 Å². The number of azo groups is 1. The summed E-state index contributed by atoms with van der Waals surface area (Å²) in [4.78, 5) is 30.5. The molecule has 5 rings (SSSR count). The summed E-state index contributed by atoms with van der Waals surface area (Å²) >= 11 is 0. The molecule has 0 aliphatic carbocycles. The van der Waals surface area contributed by atoms with Crippen LogP contribution in [0.5, 0.6) is 17.2 Å². The first-order valence-corrected chi connectivity index (χ1v) is 23.1. The number of ether oxygens (including phenoxy) is 3. The van der Waals surface area contributed by atoms with Crippen LogP contribution in [0.1, 0.15) is 154 Å². The summed E-state index contributed by atoms with van der Waals surface area (Å²) < 4.78 is 47.1. The third-order valence-electron chi connectivity index (χ3n) is 11.1. The maximum atomic E-state index is 15.2. The van der Waals surface area contributed by atoms with Gasteiger partial charge >= 0.3 is 11.9 Å². The lowest BCUT2D eigenvalue weighted by Crippen LogP contribution is -2.12. The molecule has 0 bridgehead atoms. The maximum absolute atomic E-state index is 15.2. The minimum atomic E-state index is -1.35. The van der Waals surface area contributed by atoms with E-state index in [0.717, 1.165) is 31.7 Å². The Morgan fingerprint density at radius 3 is 1.91 bits per heavy atom. The van der Waals surface area contributed by atoms with Gasteiger partial charge in [0, 0.05) is 6.21 Å².